The van der Waals surface area contributed by atoms with E-state index in [2.05, 4.69) is 0 Å². The van der Waals surface area contributed by atoms with Gasteiger partial charge in [0.25, 0.3) is 0 Å². The SMILES string of the molecule is CC(C)(CO)C(O)C(=O)O.CC(C)(CO)C(O)C(=O)O.[Fe].[Na+]. The van der Waals surface area contributed by atoms with Crippen molar-refractivity contribution in [3.8, 4) is 0 Å². The third-order valence-corrected chi connectivity index (χ3v) is 2.76. The zero-order chi connectivity index (χ0) is 16.7. The molecule has 0 amide bonds. The van der Waals surface area contributed by atoms with Crippen LogP contribution in [0.15, 0.2) is 0 Å². The first kappa shape index (κ1) is 30.2. The van der Waals surface area contributed by atoms with Crippen molar-refractivity contribution in [1.82, 2.24) is 0 Å². The number of carboxylic acids is 2. The molecule has 2 unspecified atom stereocenters. The van der Waals surface area contributed by atoms with Gasteiger partial charge in [-0.05, 0) is 0 Å². The minimum absolute atomic E-state index is 0. The van der Waals surface area contributed by atoms with Crippen LogP contribution in [0.4, 0.5) is 0 Å². The molecule has 2 atom stereocenters. The standard InChI is InChI=1S/2C6H12O4.Fe.Na/c2*1-6(2,3-7)4(8)5(9)10;;/h2*4,7-8H,3H2,1-2H3,(H,9,10);;/q;;;+1. The second-order valence-corrected chi connectivity index (χ2v) is 5.77. The van der Waals surface area contributed by atoms with Crippen LogP contribution >= 0.6 is 0 Å². The molecular formula is C12H24FeNaO8+. The van der Waals surface area contributed by atoms with Gasteiger partial charge in [-0.2, -0.15) is 0 Å². The number of hydrogen-bond acceptors (Lipinski definition) is 6. The Morgan fingerprint density at radius 2 is 1.00 bits per heavy atom. The van der Waals surface area contributed by atoms with E-state index in [-0.39, 0.29) is 59.8 Å². The first-order chi connectivity index (χ1) is 8.83. The second-order valence-electron chi connectivity index (χ2n) is 5.77. The fraction of sp³-hybridized carbons (Fsp3) is 0.833. The fourth-order valence-corrected chi connectivity index (χ4v) is 0.841. The van der Waals surface area contributed by atoms with Crippen LogP contribution in [0, 0.1) is 10.8 Å². The van der Waals surface area contributed by atoms with Gasteiger partial charge in [0.15, 0.2) is 12.2 Å². The molecule has 0 aromatic rings. The molecule has 0 aromatic carbocycles. The predicted octanol–water partition coefficient (Wildman–Crippen LogP) is -4.10. The van der Waals surface area contributed by atoms with E-state index < -0.39 is 35.0 Å². The summed E-state index contributed by atoms with van der Waals surface area (Å²) in [6, 6.07) is 0. The van der Waals surface area contributed by atoms with Gasteiger partial charge < -0.3 is 30.6 Å². The van der Waals surface area contributed by atoms with Gasteiger partial charge in [-0.15, -0.1) is 0 Å². The average molecular weight is 375 g/mol. The van der Waals surface area contributed by atoms with Gasteiger partial charge in [0.2, 0.25) is 0 Å². The summed E-state index contributed by atoms with van der Waals surface area (Å²) in [6.45, 7) is 5.22. The molecule has 0 radical (unpaired) electrons. The van der Waals surface area contributed by atoms with Gasteiger partial charge in [-0.1, -0.05) is 27.7 Å². The maximum Gasteiger partial charge on any atom is 1.00 e. The van der Waals surface area contributed by atoms with Gasteiger partial charge in [0.1, 0.15) is 0 Å². The van der Waals surface area contributed by atoms with Crippen molar-refractivity contribution < 1.29 is 86.9 Å². The molecule has 0 aromatic heterocycles. The minimum Gasteiger partial charge on any atom is -0.479 e. The Balaban J connectivity index is -0.000000135. The molecule has 0 spiro atoms. The molecule has 0 fully saturated rings. The number of carbonyl (C=O) groups is 2. The number of rotatable bonds is 6. The van der Waals surface area contributed by atoms with Crippen molar-refractivity contribution in [3.05, 3.63) is 0 Å². The topological polar surface area (TPSA) is 156 Å². The molecule has 6 N–H and O–H groups in total. The molecule has 0 heterocycles. The number of aliphatic carboxylic acids is 2. The fourth-order valence-electron chi connectivity index (χ4n) is 0.841. The Kier molecular flexibility index (Phi) is 17.4. The van der Waals surface area contributed by atoms with Gasteiger partial charge in [-0.3, -0.25) is 0 Å². The summed E-state index contributed by atoms with van der Waals surface area (Å²) in [6.07, 6.45) is -3.00. The first-order valence-electron chi connectivity index (χ1n) is 5.87. The van der Waals surface area contributed by atoms with Gasteiger partial charge >= 0.3 is 41.5 Å². The quantitative estimate of drug-likeness (QED) is 0.256. The summed E-state index contributed by atoms with van der Waals surface area (Å²) in [5.74, 6) is -2.61. The van der Waals surface area contributed by atoms with Crippen LogP contribution in [0.1, 0.15) is 27.7 Å². The van der Waals surface area contributed by atoms with E-state index in [0.717, 1.165) is 0 Å². The number of aliphatic hydroxyl groups excluding tert-OH is 4. The molecule has 0 bridgehead atoms. The Hall–Kier alpha value is 0.299. The van der Waals surface area contributed by atoms with Gasteiger partial charge in [-0.25, -0.2) is 9.59 Å². The second kappa shape index (κ2) is 12.7. The first-order valence-corrected chi connectivity index (χ1v) is 5.87. The monoisotopic (exact) mass is 375 g/mol. The van der Waals surface area contributed by atoms with Crippen LogP contribution in [0.3, 0.4) is 0 Å². The van der Waals surface area contributed by atoms with E-state index in [1.807, 2.05) is 0 Å². The smallest absolute Gasteiger partial charge is 0.479 e. The summed E-state index contributed by atoms with van der Waals surface area (Å²) in [7, 11) is 0. The van der Waals surface area contributed by atoms with Crippen LogP contribution in [-0.4, -0.2) is 68.0 Å². The van der Waals surface area contributed by atoms with Crippen molar-refractivity contribution in [1.29, 1.82) is 0 Å². The van der Waals surface area contributed by atoms with Crippen molar-refractivity contribution in [2.45, 2.75) is 39.9 Å². The molecule has 8 nitrogen and oxygen atoms in total. The van der Waals surface area contributed by atoms with Crippen molar-refractivity contribution in [2.24, 2.45) is 10.8 Å². The maximum atomic E-state index is 10.1. The molecule has 128 valence electrons. The largest absolute Gasteiger partial charge is 1.00 e. The van der Waals surface area contributed by atoms with E-state index in [9.17, 15) is 9.59 Å². The third-order valence-electron chi connectivity index (χ3n) is 2.76. The number of carboxylic acid groups (broad SMARTS) is 2. The van der Waals surface area contributed by atoms with Crippen molar-refractivity contribution >= 4 is 11.9 Å². The Morgan fingerprint density at radius 3 is 1.05 bits per heavy atom. The Labute approximate surface area is 162 Å². The van der Waals surface area contributed by atoms with Crippen LogP contribution in [0.5, 0.6) is 0 Å². The van der Waals surface area contributed by atoms with Crippen LogP contribution in [0.2, 0.25) is 0 Å². The summed E-state index contributed by atoms with van der Waals surface area (Å²) < 4.78 is 0. The van der Waals surface area contributed by atoms with E-state index in [4.69, 9.17) is 30.6 Å². The maximum absolute atomic E-state index is 10.1. The zero-order valence-corrected chi connectivity index (χ0v) is 16.5. The Bertz CT molecular complexity index is 303. The number of hydrogen-bond donors (Lipinski definition) is 6. The van der Waals surface area contributed by atoms with Gasteiger partial charge in [0, 0.05) is 27.9 Å². The van der Waals surface area contributed by atoms with Crippen LogP contribution in [0.25, 0.3) is 0 Å². The molecule has 0 saturated carbocycles. The summed E-state index contributed by atoms with van der Waals surface area (Å²) in [5.41, 5.74) is -1.93. The number of aliphatic hydroxyl groups is 4. The van der Waals surface area contributed by atoms with Crippen LogP contribution in [-0.2, 0) is 26.7 Å². The molecular weight excluding hydrogens is 351 g/mol. The normalized spacial score (nSPS) is 13.5. The minimum atomic E-state index is -1.50. The molecule has 0 aliphatic heterocycles. The molecule has 10 heteroatoms. The van der Waals surface area contributed by atoms with E-state index in [1.54, 1.807) is 0 Å². The average Bonchev–Trinajstić information content (AvgIpc) is 2.37. The molecule has 0 aliphatic rings. The predicted molar refractivity (Wildman–Crippen MR) is 69.0 cm³/mol. The summed E-state index contributed by atoms with van der Waals surface area (Å²) >= 11 is 0. The van der Waals surface area contributed by atoms with E-state index in [1.165, 1.54) is 27.7 Å². The van der Waals surface area contributed by atoms with Crippen molar-refractivity contribution in [3.63, 3.8) is 0 Å². The Morgan fingerprint density at radius 1 is 0.818 bits per heavy atom. The van der Waals surface area contributed by atoms with Crippen LogP contribution < -0.4 is 29.6 Å². The molecule has 0 aliphatic carbocycles. The van der Waals surface area contributed by atoms with Crippen molar-refractivity contribution in [2.75, 3.05) is 13.2 Å². The zero-order valence-electron chi connectivity index (χ0n) is 13.4. The van der Waals surface area contributed by atoms with E-state index >= 15 is 0 Å². The summed E-state index contributed by atoms with van der Waals surface area (Å²) in [4.78, 5) is 20.3. The molecule has 0 rings (SSSR count). The van der Waals surface area contributed by atoms with E-state index in [0.29, 0.717) is 0 Å². The van der Waals surface area contributed by atoms with Gasteiger partial charge in [0.05, 0.1) is 13.2 Å². The molecule has 0 saturated heterocycles. The summed E-state index contributed by atoms with van der Waals surface area (Å²) in [5, 5.41) is 51.5. The third kappa shape index (κ3) is 10.9. The molecule has 22 heavy (non-hydrogen) atoms.